The standard InChI is InChI=1S/C11H10OS2/c1-8-6-13-7-10(8)11(12)5-9-3-2-4-14-9/h2-4,6-7H,5H2,1H3. The summed E-state index contributed by atoms with van der Waals surface area (Å²) in [5, 5.41) is 5.95. The van der Waals surface area contributed by atoms with Crippen LogP contribution >= 0.6 is 22.7 Å². The predicted molar refractivity (Wildman–Crippen MR) is 61.4 cm³/mol. The number of rotatable bonds is 3. The topological polar surface area (TPSA) is 17.1 Å². The Morgan fingerprint density at radius 2 is 2.29 bits per heavy atom. The molecule has 2 aromatic rings. The number of thiophene rings is 2. The highest BCUT2D eigenvalue weighted by Crippen LogP contribution is 2.18. The van der Waals surface area contributed by atoms with E-state index < -0.39 is 0 Å². The van der Waals surface area contributed by atoms with Gasteiger partial charge >= 0.3 is 0 Å². The minimum atomic E-state index is 0.228. The van der Waals surface area contributed by atoms with Crippen LogP contribution in [0.15, 0.2) is 28.3 Å². The maximum absolute atomic E-state index is 11.8. The lowest BCUT2D eigenvalue weighted by atomic mass is 10.1. The Hall–Kier alpha value is -0.930. The second-order valence-corrected chi connectivity index (χ2v) is 4.92. The van der Waals surface area contributed by atoms with E-state index >= 15 is 0 Å². The Labute approximate surface area is 91.0 Å². The Balaban J connectivity index is 2.14. The van der Waals surface area contributed by atoms with Crippen LogP contribution in [-0.4, -0.2) is 5.78 Å². The Bertz CT molecular complexity index is 426. The number of Topliss-reactive ketones (excluding diaryl/α,β-unsaturated/α-hetero) is 1. The monoisotopic (exact) mass is 222 g/mol. The van der Waals surface area contributed by atoms with Crippen LogP contribution in [-0.2, 0) is 6.42 Å². The van der Waals surface area contributed by atoms with Gasteiger partial charge in [0.15, 0.2) is 5.78 Å². The summed E-state index contributed by atoms with van der Waals surface area (Å²) in [6.45, 7) is 1.98. The van der Waals surface area contributed by atoms with Crippen LogP contribution < -0.4 is 0 Å². The molecule has 3 heteroatoms. The first-order chi connectivity index (χ1) is 6.77. The third-order valence-corrected chi connectivity index (χ3v) is 3.81. The number of aryl methyl sites for hydroxylation is 1. The number of carbonyl (C=O) groups excluding carboxylic acids is 1. The minimum absolute atomic E-state index is 0.228. The molecular weight excluding hydrogens is 212 g/mol. The van der Waals surface area contributed by atoms with Crippen molar-refractivity contribution in [2.75, 3.05) is 0 Å². The first-order valence-electron chi connectivity index (χ1n) is 4.36. The first-order valence-corrected chi connectivity index (χ1v) is 6.18. The van der Waals surface area contributed by atoms with E-state index in [0.29, 0.717) is 6.42 Å². The molecule has 0 N–H and O–H groups in total. The predicted octanol–water partition coefficient (Wildman–Crippen LogP) is 3.54. The van der Waals surface area contributed by atoms with E-state index in [1.165, 1.54) is 0 Å². The molecule has 0 aliphatic carbocycles. The molecule has 72 valence electrons. The smallest absolute Gasteiger partial charge is 0.169 e. The zero-order valence-electron chi connectivity index (χ0n) is 7.82. The lowest BCUT2D eigenvalue weighted by Gasteiger charge is -1.97. The van der Waals surface area contributed by atoms with E-state index in [-0.39, 0.29) is 5.78 Å². The highest BCUT2D eigenvalue weighted by Gasteiger charge is 2.10. The van der Waals surface area contributed by atoms with Gasteiger partial charge in [0.1, 0.15) is 0 Å². The largest absolute Gasteiger partial charge is 0.294 e. The fourth-order valence-electron chi connectivity index (χ4n) is 1.31. The lowest BCUT2D eigenvalue weighted by molar-refractivity contribution is 0.0993. The van der Waals surface area contributed by atoms with Gasteiger partial charge in [-0.05, 0) is 29.3 Å². The summed E-state index contributed by atoms with van der Waals surface area (Å²) in [7, 11) is 0. The third kappa shape index (κ3) is 1.94. The van der Waals surface area contributed by atoms with Crippen molar-refractivity contribution < 1.29 is 4.79 Å². The third-order valence-electron chi connectivity index (χ3n) is 2.07. The molecule has 14 heavy (non-hydrogen) atoms. The van der Waals surface area contributed by atoms with Crippen molar-refractivity contribution in [1.29, 1.82) is 0 Å². The van der Waals surface area contributed by atoms with E-state index in [1.54, 1.807) is 22.7 Å². The quantitative estimate of drug-likeness (QED) is 0.726. The summed E-state index contributed by atoms with van der Waals surface area (Å²) in [4.78, 5) is 12.9. The van der Waals surface area contributed by atoms with Crippen molar-refractivity contribution in [3.8, 4) is 0 Å². The van der Waals surface area contributed by atoms with Gasteiger partial charge in [-0.1, -0.05) is 6.07 Å². The molecule has 0 bridgehead atoms. The molecule has 0 aliphatic rings. The molecule has 0 spiro atoms. The zero-order valence-corrected chi connectivity index (χ0v) is 9.45. The van der Waals surface area contributed by atoms with Gasteiger partial charge in [-0.2, -0.15) is 11.3 Å². The van der Waals surface area contributed by atoms with Crippen LogP contribution in [0.4, 0.5) is 0 Å². The van der Waals surface area contributed by atoms with Gasteiger partial charge in [0, 0.05) is 22.2 Å². The number of ketones is 1. The van der Waals surface area contributed by atoms with E-state index in [9.17, 15) is 4.79 Å². The number of hydrogen-bond donors (Lipinski definition) is 0. The minimum Gasteiger partial charge on any atom is -0.294 e. The van der Waals surface area contributed by atoms with E-state index in [1.807, 2.05) is 35.2 Å². The summed E-state index contributed by atoms with van der Waals surface area (Å²) in [6.07, 6.45) is 0.537. The molecule has 0 unspecified atom stereocenters. The summed E-state index contributed by atoms with van der Waals surface area (Å²) < 4.78 is 0. The van der Waals surface area contributed by atoms with Gasteiger partial charge in [-0.25, -0.2) is 0 Å². The summed E-state index contributed by atoms with van der Waals surface area (Å²) >= 11 is 3.23. The summed E-state index contributed by atoms with van der Waals surface area (Å²) in [5.41, 5.74) is 1.97. The first kappa shape index (κ1) is 9.62. The van der Waals surface area contributed by atoms with Crippen LogP contribution in [0.2, 0.25) is 0 Å². The molecule has 0 atom stereocenters. The molecular formula is C11H10OS2. The van der Waals surface area contributed by atoms with Crippen LogP contribution in [0.1, 0.15) is 20.8 Å². The molecule has 2 aromatic heterocycles. The molecule has 0 radical (unpaired) electrons. The van der Waals surface area contributed by atoms with Crippen molar-refractivity contribution in [2.24, 2.45) is 0 Å². The van der Waals surface area contributed by atoms with E-state index in [4.69, 9.17) is 0 Å². The van der Waals surface area contributed by atoms with E-state index in [0.717, 1.165) is 16.0 Å². The van der Waals surface area contributed by atoms with Crippen LogP contribution in [0.5, 0.6) is 0 Å². The molecule has 0 saturated heterocycles. The van der Waals surface area contributed by atoms with Crippen molar-refractivity contribution in [2.45, 2.75) is 13.3 Å². The SMILES string of the molecule is Cc1cscc1C(=O)Cc1cccs1. The highest BCUT2D eigenvalue weighted by atomic mass is 32.1. The molecule has 0 aromatic carbocycles. The number of carbonyl (C=O) groups is 1. The Kier molecular flexibility index (Phi) is 2.79. The van der Waals surface area contributed by atoms with Crippen LogP contribution in [0.25, 0.3) is 0 Å². The second kappa shape index (κ2) is 4.07. The van der Waals surface area contributed by atoms with Crippen LogP contribution in [0, 0.1) is 6.92 Å². The Morgan fingerprint density at radius 1 is 1.43 bits per heavy atom. The summed E-state index contributed by atoms with van der Waals surface area (Å²) in [6, 6.07) is 3.98. The molecule has 2 heterocycles. The van der Waals surface area contributed by atoms with Crippen molar-refractivity contribution in [3.05, 3.63) is 44.3 Å². The van der Waals surface area contributed by atoms with Gasteiger partial charge in [0.05, 0.1) is 0 Å². The average molecular weight is 222 g/mol. The van der Waals surface area contributed by atoms with Crippen molar-refractivity contribution in [3.63, 3.8) is 0 Å². The summed E-state index contributed by atoms with van der Waals surface area (Å²) in [5.74, 6) is 0.228. The fraction of sp³-hybridized carbons (Fsp3) is 0.182. The normalized spacial score (nSPS) is 10.4. The molecule has 1 nitrogen and oxygen atoms in total. The Morgan fingerprint density at radius 3 is 2.86 bits per heavy atom. The average Bonchev–Trinajstić information content (AvgIpc) is 2.75. The van der Waals surface area contributed by atoms with Gasteiger partial charge < -0.3 is 0 Å². The maximum Gasteiger partial charge on any atom is 0.169 e. The molecule has 0 saturated carbocycles. The van der Waals surface area contributed by atoms with Crippen LogP contribution in [0.3, 0.4) is 0 Å². The van der Waals surface area contributed by atoms with Crippen molar-refractivity contribution in [1.82, 2.24) is 0 Å². The lowest BCUT2D eigenvalue weighted by Crippen LogP contribution is -2.01. The second-order valence-electron chi connectivity index (χ2n) is 3.15. The van der Waals surface area contributed by atoms with Gasteiger partial charge in [-0.15, -0.1) is 11.3 Å². The molecule has 0 amide bonds. The van der Waals surface area contributed by atoms with Gasteiger partial charge in [0.25, 0.3) is 0 Å². The maximum atomic E-state index is 11.8. The molecule has 2 rings (SSSR count). The highest BCUT2D eigenvalue weighted by molar-refractivity contribution is 7.10. The fourth-order valence-corrected chi connectivity index (χ4v) is 2.87. The van der Waals surface area contributed by atoms with E-state index in [2.05, 4.69) is 0 Å². The van der Waals surface area contributed by atoms with Gasteiger partial charge in [0.2, 0.25) is 0 Å². The number of hydrogen-bond acceptors (Lipinski definition) is 3. The van der Waals surface area contributed by atoms with Gasteiger partial charge in [-0.3, -0.25) is 4.79 Å². The molecule has 0 aliphatic heterocycles. The van der Waals surface area contributed by atoms with Crippen molar-refractivity contribution >= 4 is 28.5 Å². The molecule has 0 fully saturated rings. The zero-order chi connectivity index (χ0) is 9.97.